The summed E-state index contributed by atoms with van der Waals surface area (Å²) >= 11 is 1.47. The fourth-order valence-corrected chi connectivity index (χ4v) is 3.71. The second-order valence-corrected chi connectivity index (χ2v) is 6.91. The number of nitrogens with zero attached hydrogens (tertiary/aromatic N) is 1. The van der Waals surface area contributed by atoms with E-state index in [0.29, 0.717) is 5.75 Å². The van der Waals surface area contributed by atoms with Gasteiger partial charge in [-0.15, -0.1) is 0 Å². The van der Waals surface area contributed by atoms with Gasteiger partial charge < -0.3 is 5.32 Å². The van der Waals surface area contributed by atoms with Crippen molar-refractivity contribution in [2.45, 2.75) is 25.8 Å². The van der Waals surface area contributed by atoms with Crippen LogP contribution < -0.4 is 5.32 Å². The van der Waals surface area contributed by atoms with Crippen molar-refractivity contribution in [2.75, 3.05) is 11.1 Å². The Morgan fingerprint density at radius 2 is 1.79 bits per heavy atom. The van der Waals surface area contributed by atoms with Crippen LogP contribution in [0.15, 0.2) is 53.7 Å². The molecule has 0 atom stereocenters. The zero-order valence-electron chi connectivity index (χ0n) is 14.1. The third kappa shape index (κ3) is 3.60. The molecule has 2 aromatic carbocycles. The van der Waals surface area contributed by atoms with Crippen molar-refractivity contribution in [3.8, 4) is 0 Å². The first-order chi connectivity index (χ1) is 11.5. The lowest BCUT2D eigenvalue weighted by atomic mass is 10.1. The molecule has 3 rings (SSSR count). The first kappa shape index (κ1) is 16.5. The van der Waals surface area contributed by atoms with Crippen LogP contribution in [0.1, 0.15) is 16.7 Å². The molecule has 0 unspecified atom stereocenters. The van der Waals surface area contributed by atoms with Crippen LogP contribution in [0.5, 0.6) is 0 Å². The van der Waals surface area contributed by atoms with E-state index in [9.17, 15) is 4.79 Å². The van der Waals surface area contributed by atoms with E-state index in [2.05, 4.69) is 35.4 Å². The minimum atomic E-state index is -0.00946. The number of anilines is 1. The second-order valence-electron chi connectivity index (χ2n) is 5.95. The average molecular weight is 336 g/mol. The van der Waals surface area contributed by atoms with Crippen molar-refractivity contribution >= 4 is 34.1 Å². The molecule has 24 heavy (non-hydrogen) atoms. The molecule has 4 heteroatoms. The van der Waals surface area contributed by atoms with Gasteiger partial charge in [0.15, 0.2) is 0 Å². The van der Waals surface area contributed by atoms with Gasteiger partial charge >= 0.3 is 0 Å². The Morgan fingerprint density at radius 3 is 2.54 bits per heavy atom. The van der Waals surface area contributed by atoms with Crippen LogP contribution in [0, 0.1) is 20.8 Å². The summed E-state index contributed by atoms with van der Waals surface area (Å²) in [6.45, 7) is 6.11. The molecule has 3 nitrogen and oxygen atoms in total. The molecule has 0 saturated heterocycles. The van der Waals surface area contributed by atoms with Crippen LogP contribution in [-0.2, 0) is 4.79 Å². The highest BCUT2D eigenvalue weighted by atomic mass is 32.2. The first-order valence-electron chi connectivity index (χ1n) is 7.89. The molecular weight excluding hydrogens is 316 g/mol. The number of fused-ring (bicyclic) bond motifs is 1. The van der Waals surface area contributed by atoms with Gasteiger partial charge in [-0.25, -0.2) is 4.98 Å². The van der Waals surface area contributed by atoms with Crippen molar-refractivity contribution in [1.29, 1.82) is 0 Å². The fraction of sp³-hybridized carbons (Fsp3) is 0.200. The molecule has 3 aromatic rings. The summed E-state index contributed by atoms with van der Waals surface area (Å²) in [4.78, 5) is 16.8. The third-order valence-electron chi connectivity index (χ3n) is 3.92. The molecule has 0 saturated carbocycles. The summed E-state index contributed by atoms with van der Waals surface area (Å²) in [5, 5.41) is 6.15. The SMILES string of the molecule is Cc1cc(C)c(NC(=O)CSc2nccc3ccccc23)c(C)c1. The van der Waals surface area contributed by atoms with Gasteiger partial charge in [0.25, 0.3) is 0 Å². The van der Waals surface area contributed by atoms with Gasteiger partial charge in [0.1, 0.15) is 5.03 Å². The molecule has 1 heterocycles. The summed E-state index contributed by atoms with van der Waals surface area (Å²) in [6, 6.07) is 14.2. The van der Waals surface area contributed by atoms with Crippen LogP contribution in [0.25, 0.3) is 10.8 Å². The summed E-state index contributed by atoms with van der Waals surface area (Å²) < 4.78 is 0. The first-order valence-corrected chi connectivity index (χ1v) is 8.87. The van der Waals surface area contributed by atoms with Crippen molar-refractivity contribution in [3.63, 3.8) is 0 Å². The van der Waals surface area contributed by atoms with E-state index in [4.69, 9.17) is 0 Å². The van der Waals surface area contributed by atoms with E-state index in [1.54, 1.807) is 6.20 Å². The van der Waals surface area contributed by atoms with Crippen LogP contribution in [0.3, 0.4) is 0 Å². The number of carbonyl (C=O) groups is 1. The number of carbonyl (C=O) groups excluding carboxylic acids is 1. The van der Waals surface area contributed by atoms with Crippen molar-refractivity contribution < 1.29 is 4.79 Å². The van der Waals surface area contributed by atoms with Gasteiger partial charge in [0.05, 0.1) is 5.75 Å². The minimum absolute atomic E-state index is 0.00946. The van der Waals surface area contributed by atoms with Crippen LogP contribution in [0.2, 0.25) is 0 Å². The van der Waals surface area contributed by atoms with Crippen LogP contribution in [-0.4, -0.2) is 16.6 Å². The predicted octanol–water partition coefficient (Wildman–Crippen LogP) is 4.89. The van der Waals surface area contributed by atoms with Gasteiger partial charge in [-0.05, 0) is 43.4 Å². The molecule has 0 aliphatic rings. The number of nitrogens with one attached hydrogen (secondary N) is 1. The highest BCUT2D eigenvalue weighted by Crippen LogP contribution is 2.26. The van der Waals surface area contributed by atoms with E-state index in [0.717, 1.165) is 32.6 Å². The minimum Gasteiger partial charge on any atom is -0.325 e. The number of benzene rings is 2. The second kappa shape index (κ2) is 7.05. The molecule has 1 amide bonds. The van der Waals surface area contributed by atoms with E-state index < -0.39 is 0 Å². The lowest BCUT2D eigenvalue weighted by molar-refractivity contribution is -0.113. The molecule has 0 spiro atoms. The predicted molar refractivity (Wildman–Crippen MR) is 102 cm³/mol. The lowest BCUT2D eigenvalue weighted by Crippen LogP contribution is -2.16. The van der Waals surface area contributed by atoms with Gasteiger partial charge in [-0.2, -0.15) is 0 Å². The molecule has 122 valence electrons. The maximum Gasteiger partial charge on any atom is 0.234 e. The van der Waals surface area contributed by atoms with Crippen molar-refractivity contribution in [1.82, 2.24) is 4.98 Å². The normalized spacial score (nSPS) is 10.8. The van der Waals surface area contributed by atoms with Gasteiger partial charge in [-0.1, -0.05) is 53.7 Å². The number of aromatic nitrogens is 1. The molecule has 0 bridgehead atoms. The largest absolute Gasteiger partial charge is 0.325 e. The topological polar surface area (TPSA) is 42.0 Å². The monoisotopic (exact) mass is 336 g/mol. The van der Waals surface area contributed by atoms with Gasteiger partial charge in [-0.3, -0.25) is 4.79 Å². The van der Waals surface area contributed by atoms with E-state index in [1.165, 1.54) is 17.3 Å². The molecule has 0 aliphatic heterocycles. The average Bonchev–Trinajstić information content (AvgIpc) is 2.56. The number of aryl methyl sites for hydroxylation is 3. The molecule has 0 radical (unpaired) electrons. The molecular formula is C20H20N2OS. The summed E-state index contributed by atoms with van der Waals surface area (Å²) in [5.74, 6) is 0.332. The van der Waals surface area contributed by atoms with E-state index >= 15 is 0 Å². The zero-order chi connectivity index (χ0) is 17.1. The van der Waals surface area contributed by atoms with E-state index in [-0.39, 0.29) is 5.91 Å². The van der Waals surface area contributed by atoms with Crippen LogP contribution >= 0.6 is 11.8 Å². The third-order valence-corrected chi connectivity index (χ3v) is 4.92. The Labute approximate surface area is 146 Å². The van der Waals surface area contributed by atoms with Gasteiger partial charge in [0, 0.05) is 17.3 Å². The molecule has 0 fully saturated rings. The van der Waals surface area contributed by atoms with E-state index in [1.807, 2.05) is 38.1 Å². The fourth-order valence-electron chi connectivity index (χ4n) is 2.89. The number of hydrogen-bond acceptors (Lipinski definition) is 3. The maximum atomic E-state index is 12.4. The van der Waals surface area contributed by atoms with Crippen molar-refractivity contribution in [2.24, 2.45) is 0 Å². The number of hydrogen-bond donors (Lipinski definition) is 1. The summed E-state index contributed by atoms with van der Waals surface area (Å²) in [6.07, 6.45) is 1.79. The maximum absolute atomic E-state index is 12.4. The highest BCUT2D eigenvalue weighted by Gasteiger charge is 2.10. The molecule has 0 aliphatic carbocycles. The summed E-state index contributed by atoms with van der Waals surface area (Å²) in [7, 11) is 0. The summed E-state index contributed by atoms with van der Waals surface area (Å²) in [5.41, 5.74) is 4.30. The number of pyridine rings is 1. The standard InChI is InChI=1S/C20H20N2OS/c1-13-10-14(2)19(15(3)11-13)22-18(23)12-24-20-17-7-5-4-6-16(17)8-9-21-20/h4-11H,12H2,1-3H3,(H,22,23). The van der Waals surface area contributed by atoms with Crippen molar-refractivity contribution in [3.05, 3.63) is 65.4 Å². The quantitative estimate of drug-likeness (QED) is 0.690. The molecule has 1 aromatic heterocycles. The molecule has 1 N–H and O–H groups in total. The van der Waals surface area contributed by atoms with Crippen LogP contribution in [0.4, 0.5) is 5.69 Å². The zero-order valence-corrected chi connectivity index (χ0v) is 14.9. The Balaban J connectivity index is 1.72. The smallest absolute Gasteiger partial charge is 0.234 e. The number of rotatable bonds is 4. The number of amides is 1. The Hall–Kier alpha value is -2.33. The van der Waals surface area contributed by atoms with Gasteiger partial charge in [0.2, 0.25) is 5.91 Å². The number of thioether (sulfide) groups is 1. The Morgan fingerprint density at radius 1 is 1.08 bits per heavy atom. The lowest BCUT2D eigenvalue weighted by Gasteiger charge is -2.13. The highest BCUT2D eigenvalue weighted by molar-refractivity contribution is 8.00. The Kier molecular flexibility index (Phi) is 4.86. The Bertz CT molecular complexity index is 877.